The van der Waals surface area contributed by atoms with Crippen molar-refractivity contribution in [1.82, 2.24) is 4.90 Å². The van der Waals surface area contributed by atoms with E-state index in [4.69, 9.17) is 5.21 Å². The van der Waals surface area contributed by atoms with Crippen molar-refractivity contribution in [2.24, 2.45) is 11.1 Å². The van der Waals surface area contributed by atoms with E-state index in [9.17, 15) is 8.78 Å². The molecule has 3 nitrogen and oxygen atoms in total. The minimum Gasteiger partial charge on any atom is -0.411 e. The van der Waals surface area contributed by atoms with Crippen LogP contribution in [0.1, 0.15) is 18.9 Å². The van der Waals surface area contributed by atoms with E-state index < -0.39 is 11.6 Å². The van der Waals surface area contributed by atoms with E-state index in [-0.39, 0.29) is 18.0 Å². The molecule has 1 aromatic carbocycles. The Balaban J connectivity index is 2.07. The Hall–Kier alpha value is -1.49. The highest BCUT2D eigenvalue weighted by Crippen LogP contribution is 2.19. The standard InChI is InChI=1S/C13H16F2N2O/c1-9-7-17(6-5-13(9)16-18)8-10-11(14)3-2-4-12(10)15/h2-4,9,18H,5-8H2,1H3/b16-13+. The number of rotatable bonds is 2. The fraction of sp³-hybridized carbons (Fsp3) is 0.462. The van der Waals surface area contributed by atoms with Gasteiger partial charge in [-0.2, -0.15) is 0 Å². The third-order valence-corrected chi connectivity index (χ3v) is 3.36. The van der Waals surface area contributed by atoms with Gasteiger partial charge in [-0.15, -0.1) is 0 Å². The second-order valence-electron chi connectivity index (χ2n) is 4.68. The monoisotopic (exact) mass is 254 g/mol. The van der Waals surface area contributed by atoms with Crippen LogP contribution < -0.4 is 0 Å². The first-order chi connectivity index (χ1) is 8.61. The summed E-state index contributed by atoms with van der Waals surface area (Å²) < 4.78 is 27.0. The highest BCUT2D eigenvalue weighted by atomic mass is 19.1. The fourth-order valence-corrected chi connectivity index (χ4v) is 2.30. The van der Waals surface area contributed by atoms with Crippen LogP contribution >= 0.6 is 0 Å². The number of nitrogens with zero attached hydrogens (tertiary/aromatic N) is 2. The molecule has 1 aromatic rings. The molecule has 0 spiro atoms. The van der Waals surface area contributed by atoms with Gasteiger partial charge in [0.2, 0.25) is 0 Å². The van der Waals surface area contributed by atoms with Crippen molar-refractivity contribution in [3.05, 3.63) is 35.4 Å². The molecule has 2 rings (SSSR count). The maximum absolute atomic E-state index is 13.5. The molecular weight excluding hydrogens is 238 g/mol. The molecule has 1 fully saturated rings. The molecule has 98 valence electrons. The van der Waals surface area contributed by atoms with Crippen molar-refractivity contribution in [2.45, 2.75) is 19.9 Å². The molecule has 0 amide bonds. The van der Waals surface area contributed by atoms with Crippen molar-refractivity contribution >= 4 is 5.71 Å². The van der Waals surface area contributed by atoms with Crippen LogP contribution in [0.3, 0.4) is 0 Å². The molecular formula is C13H16F2N2O. The molecule has 0 aliphatic carbocycles. The van der Waals surface area contributed by atoms with Gasteiger partial charge in [0.1, 0.15) is 11.6 Å². The van der Waals surface area contributed by atoms with E-state index in [0.717, 1.165) is 5.71 Å². The average Bonchev–Trinajstić information content (AvgIpc) is 2.34. The first kappa shape index (κ1) is 13.0. The smallest absolute Gasteiger partial charge is 0.130 e. The lowest BCUT2D eigenvalue weighted by Gasteiger charge is -2.31. The van der Waals surface area contributed by atoms with Gasteiger partial charge < -0.3 is 5.21 Å². The predicted molar refractivity (Wildman–Crippen MR) is 64.6 cm³/mol. The summed E-state index contributed by atoms with van der Waals surface area (Å²) in [6.07, 6.45) is 0.633. The zero-order chi connectivity index (χ0) is 13.1. The highest BCUT2D eigenvalue weighted by molar-refractivity contribution is 5.86. The predicted octanol–water partition coefficient (Wildman–Crippen LogP) is 2.64. The van der Waals surface area contributed by atoms with Gasteiger partial charge in [0.25, 0.3) is 0 Å². The Labute approximate surface area is 105 Å². The first-order valence-corrected chi connectivity index (χ1v) is 5.98. The van der Waals surface area contributed by atoms with Crippen LogP contribution in [0.15, 0.2) is 23.4 Å². The molecule has 18 heavy (non-hydrogen) atoms. The zero-order valence-corrected chi connectivity index (χ0v) is 10.2. The Morgan fingerprint density at radius 2 is 2.06 bits per heavy atom. The minimum absolute atomic E-state index is 0.106. The van der Waals surface area contributed by atoms with E-state index in [1.807, 2.05) is 11.8 Å². The number of likely N-dealkylation sites (tertiary alicyclic amines) is 1. The summed E-state index contributed by atoms with van der Waals surface area (Å²) in [5, 5.41) is 12.0. The average molecular weight is 254 g/mol. The van der Waals surface area contributed by atoms with Crippen LogP contribution in [-0.4, -0.2) is 28.9 Å². The molecule has 0 saturated carbocycles. The summed E-state index contributed by atoms with van der Waals surface area (Å²) in [4.78, 5) is 1.97. The summed E-state index contributed by atoms with van der Waals surface area (Å²) >= 11 is 0. The third kappa shape index (κ3) is 2.67. The van der Waals surface area contributed by atoms with Crippen molar-refractivity contribution in [1.29, 1.82) is 0 Å². The van der Waals surface area contributed by atoms with Gasteiger partial charge in [-0.1, -0.05) is 18.1 Å². The SMILES string of the molecule is CC1CN(Cc2c(F)cccc2F)CC/C1=N\O. The highest BCUT2D eigenvalue weighted by Gasteiger charge is 2.24. The first-order valence-electron chi connectivity index (χ1n) is 5.98. The number of hydrogen-bond donors (Lipinski definition) is 1. The van der Waals surface area contributed by atoms with Gasteiger partial charge in [0.05, 0.1) is 5.71 Å². The van der Waals surface area contributed by atoms with Crippen LogP contribution in [0.5, 0.6) is 0 Å². The van der Waals surface area contributed by atoms with Crippen molar-refractivity contribution in [2.75, 3.05) is 13.1 Å². The maximum Gasteiger partial charge on any atom is 0.130 e. The molecule has 1 unspecified atom stereocenters. The lowest BCUT2D eigenvalue weighted by molar-refractivity contribution is 0.223. The van der Waals surface area contributed by atoms with Gasteiger partial charge in [-0.3, -0.25) is 4.90 Å². The van der Waals surface area contributed by atoms with Gasteiger partial charge in [0.15, 0.2) is 0 Å². The molecule has 1 heterocycles. The molecule has 1 aliphatic heterocycles. The number of benzene rings is 1. The summed E-state index contributed by atoms with van der Waals surface area (Å²) in [5.74, 6) is -0.910. The zero-order valence-electron chi connectivity index (χ0n) is 10.2. The van der Waals surface area contributed by atoms with Crippen LogP contribution in [0.2, 0.25) is 0 Å². The topological polar surface area (TPSA) is 35.8 Å². The lowest BCUT2D eigenvalue weighted by atomic mass is 9.97. The van der Waals surface area contributed by atoms with Crippen LogP contribution in [0.25, 0.3) is 0 Å². The van der Waals surface area contributed by atoms with Crippen LogP contribution in [-0.2, 0) is 6.54 Å². The van der Waals surface area contributed by atoms with E-state index in [0.29, 0.717) is 19.5 Å². The van der Waals surface area contributed by atoms with Gasteiger partial charge in [0, 0.05) is 37.5 Å². The number of halogens is 2. The van der Waals surface area contributed by atoms with E-state index in [2.05, 4.69) is 5.16 Å². The molecule has 1 atom stereocenters. The second-order valence-corrected chi connectivity index (χ2v) is 4.68. The minimum atomic E-state index is -0.510. The molecule has 0 aromatic heterocycles. The number of piperidine rings is 1. The van der Waals surface area contributed by atoms with Crippen molar-refractivity contribution in [3.8, 4) is 0 Å². The van der Waals surface area contributed by atoms with E-state index in [1.54, 1.807) is 0 Å². The van der Waals surface area contributed by atoms with Gasteiger partial charge >= 0.3 is 0 Å². The maximum atomic E-state index is 13.5. The van der Waals surface area contributed by atoms with Crippen molar-refractivity contribution < 1.29 is 14.0 Å². The largest absolute Gasteiger partial charge is 0.411 e. The van der Waals surface area contributed by atoms with Gasteiger partial charge in [-0.05, 0) is 12.1 Å². The summed E-state index contributed by atoms with van der Waals surface area (Å²) in [6.45, 7) is 3.49. The van der Waals surface area contributed by atoms with E-state index in [1.165, 1.54) is 18.2 Å². The molecule has 1 N–H and O–H groups in total. The Morgan fingerprint density at radius 3 is 2.61 bits per heavy atom. The quantitative estimate of drug-likeness (QED) is 0.650. The Bertz CT molecular complexity index is 442. The second kappa shape index (κ2) is 5.44. The number of hydrogen-bond acceptors (Lipinski definition) is 3. The Morgan fingerprint density at radius 1 is 1.39 bits per heavy atom. The fourth-order valence-electron chi connectivity index (χ4n) is 2.30. The molecule has 5 heteroatoms. The van der Waals surface area contributed by atoms with Crippen LogP contribution in [0.4, 0.5) is 8.78 Å². The van der Waals surface area contributed by atoms with E-state index >= 15 is 0 Å². The molecule has 0 bridgehead atoms. The molecule has 1 saturated heterocycles. The summed E-state index contributed by atoms with van der Waals surface area (Å²) in [6, 6.07) is 3.91. The van der Waals surface area contributed by atoms with Gasteiger partial charge in [-0.25, -0.2) is 8.78 Å². The normalized spacial score (nSPS) is 23.5. The number of oxime groups is 1. The summed E-state index contributed by atoms with van der Waals surface area (Å²) in [5.41, 5.74) is 0.856. The summed E-state index contributed by atoms with van der Waals surface area (Å²) in [7, 11) is 0. The van der Waals surface area contributed by atoms with Crippen molar-refractivity contribution in [3.63, 3.8) is 0 Å². The molecule has 1 aliphatic rings. The molecule has 0 radical (unpaired) electrons. The Kier molecular flexibility index (Phi) is 3.91. The third-order valence-electron chi connectivity index (χ3n) is 3.36. The van der Waals surface area contributed by atoms with Crippen LogP contribution in [0, 0.1) is 17.6 Å². The lowest BCUT2D eigenvalue weighted by Crippen LogP contribution is -2.39.